The van der Waals surface area contributed by atoms with Gasteiger partial charge in [0, 0.05) is 17.7 Å². The monoisotopic (exact) mass is 259 g/mol. The van der Waals surface area contributed by atoms with Crippen LogP contribution in [0.25, 0.3) is 0 Å². The first-order valence-electron chi connectivity index (χ1n) is 5.95. The molecule has 0 aliphatic carbocycles. The maximum Gasteiger partial charge on any atom is 0.321 e. The van der Waals surface area contributed by atoms with E-state index < -0.39 is 18.1 Å². The summed E-state index contributed by atoms with van der Waals surface area (Å²) in [6.45, 7) is 0. The van der Waals surface area contributed by atoms with Crippen molar-refractivity contribution in [2.75, 3.05) is 0 Å². The predicted molar refractivity (Wildman–Crippen MR) is 66.8 cm³/mol. The van der Waals surface area contributed by atoms with E-state index in [9.17, 15) is 15.0 Å². The molecule has 3 rings (SSSR count). The Morgan fingerprint density at radius 3 is 2.89 bits per heavy atom. The Labute approximate surface area is 109 Å². The second-order valence-corrected chi connectivity index (χ2v) is 4.52. The van der Waals surface area contributed by atoms with E-state index in [4.69, 9.17) is 0 Å². The van der Waals surface area contributed by atoms with E-state index in [-0.39, 0.29) is 5.75 Å². The Morgan fingerprint density at radius 1 is 1.37 bits per heavy atom. The molecule has 0 bridgehead atoms. The van der Waals surface area contributed by atoms with Gasteiger partial charge in [-0.25, -0.2) is 4.98 Å². The van der Waals surface area contributed by atoms with E-state index in [1.54, 1.807) is 30.6 Å². The third-order valence-electron chi connectivity index (χ3n) is 3.35. The lowest BCUT2D eigenvalue weighted by Gasteiger charge is -2.28. The number of aromatic nitrogens is 2. The molecule has 0 unspecified atom stereocenters. The van der Waals surface area contributed by atoms with E-state index >= 15 is 0 Å². The molecule has 6 nitrogen and oxygen atoms in total. The third kappa shape index (κ3) is 1.96. The molecule has 4 N–H and O–H groups in total. The lowest BCUT2D eigenvalue weighted by Crippen LogP contribution is -2.45. The average molecular weight is 259 g/mol. The molecule has 19 heavy (non-hydrogen) atoms. The van der Waals surface area contributed by atoms with Crippen LogP contribution < -0.4 is 5.32 Å². The zero-order valence-corrected chi connectivity index (χ0v) is 10.00. The van der Waals surface area contributed by atoms with Crippen molar-refractivity contribution in [3.05, 3.63) is 47.5 Å². The maximum atomic E-state index is 11.2. The van der Waals surface area contributed by atoms with Crippen LogP contribution in [0.15, 0.2) is 30.6 Å². The molecule has 1 aromatic heterocycles. The number of aliphatic carboxylic acids is 1. The summed E-state index contributed by atoms with van der Waals surface area (Å²) in [5.41, 5.74) is 2.15. The summed E-state index contributed by atoms with van der Waals surface area (Å²) in [5.74, 6) is -0.791. The van der Waals surface area contributed by atoms with Crippen molar-refractivity contribution in [1.82, 2.24) is 15.3 Å². The molecule has 0 fully saturated rings. The number of nitrogens with one attached hydrogen (secondary N) is 2. The molecular formula is C13H13N3O3. The number of aromatic hydroxyl groups is 1. The van der Waals surface area contributed by atoms with Crippen molar-refractivity contribution in [2.45, 2.75) is 18.5 Å². The number of benzene rings is 1. The summed E-state index contributed by atoms with van der Waals surface area (Å²) < 4.78 is 0. The molecule has 1 aliphatic rings. The van der Waals surface area contributed by atoms with Crippen molar-refractivity contribution in [3.63, 3.8) is 0 Å². The van der Waals surface area contributed by atoms with Gasteiger partial charge in [-0.05, 0) is 6.07 Å². The number of nitrogens with zero attached hydrogens (tertiary/aromatic N) is 1. The molecule has 0 spiro atoms. The van der Waals surface area contributed by atoms with Gasteiger partial charge in [-0.1, -0.05) is 18.2 Å². The Morgan fingerprint density at radius 2 is 2.16 bits per heavy atom. The van der Waals surface area contributed by atoms with Gasteiger partial charge in [-0.3, -0.25) is 10.1 Å². The summed E-state index contributed by atoms with van der Waals surface area (Å²) in [6, 6.07) is 5.74. The molecule has 98 valence electrons. The zero-order chi connectivity index (χ0) is 13.4. The molecule has 2 heterocycles. The molecule has 0 saturated heterocycles. The van der Waals surface area contributed by atoms with Crippen LogP contribution in [-0.4, -0.2) is 32.2 Å². The van der Waals surface area contributed by atoms with Gasteiger partial charge in [0.1, 0.15) is 11.8 Å². The van der Waals surface area contributed by atoms with Crippen LogP contribution >= 0.6 is 0 Å². The number of H-pyrrole nitrogens is 1. The minimum atomic E-state index is -0.916. The fourth-order valence-corrected chi connectivity index (χ4v) is 2.41. The molecule has 1 aliphatic heterocycles. The smallest absolute Gasteiger partial charge is 0.321 e. The number of hydrogen-bond donors (Lipinski definition) is 4. The normalized spacial score (nSPS) is 21.9. The molecule has 0 saturated carbocycles. The molecule has 2 aromatic rings. The van der Waals surface area contributed by atoms with Gasteiger partial charge >= 0.3 is 5.97 Å². The lowest BCUT2D eigenvalue weighted by atomic mass is 9.93. The molecule has 6 heteroatoms. The number of para-hydroxylation sites is 1. The maximum absolute atomic E-state index is 11.2. The highest BCUT2D eigenvalue weighted by atomic mass is 16.4. The Kier molecular flexibility index (Phi) is 2.72. The number of imidazole rings is 1. The molecular weight excluding hydrogens is 246 g/mol. The number of carbonyl (C=O) groups is 1. The van der Waals surface area contributed by atoms with Gasteiger partial charge in [0.05, 0.1) is 18.1 Å². The van der Waals surface area contributed by atoms with Gasteiger partial charge in [0.2, 0.25) is 0 Å². The summed E-state index contributed by atoms with van der Waals surface area (Å²) in [5, 5.41) is 22.1. The van der Waals surface area contributed by atoms with Gasteiger partial charge in [-0.15, -0.1) is 0 Å². The number of fused-ring (bicyclic) bond motifs is 1. The molecule has 2 atom stereocenters. The fourth-order valence-electron chi connectivity index (χ4n) is 2.41. The molecule has 0 radical (unpaired) electrons. The van der Waals surface area contributed by atoms with Crippen molar-refractivity contribution in [3.8, 4) is 5.75 Å². The quantitative estimate of drug-likeness (QED) is 0.639. The first kappa shape index (κ1) is 11.7. The van der Waals surface area contributed by atoms with Gasteiger partial charge in [0.25, 0.3) is 0 Å². The SMILES string of the molecule is O=C(O)[C@@H]1Cc2[nH]cnc2[C@H](c2ccccc2O)N1. The largest absolute Gasteiger partial charge is 0.508 e. The van der Waals surface area contributed by atoms with Crippen molar-refractivity contribution in [2.24, 2.45) is 0 Å². The third-order valence-corrected chi connectivity index (χ3v) is 3.35. The topological polar surface area (TPSA) is 98.2 Å². The van der Waals surface area contributed by atoms with E-state index in [1.807, 2.05) is 0 Å². The lowest BCUT2D eigenvalue weighted by molar-refractivity contribution is -0.139. The number of hydrogen-bond acceptors (Lipinski definition) is 4. The number of aromatic amines is 1. The van der Waals surface area contributed by atoms with Crippen LogP contribution in [0.1, 0.15) is 23.0 Å². The second kappa shape index (κ2) is 4.40. The Balaban J connectivity index is 2.06. The van der Waals surface area contributed by atoms with Gasteiger partial charge < -0.3 is 15.2 Å². The highest BCUT2D eigenvalue weighted by Gasteiger charge is 2.34. The first-order valence-corrected chi connectivity index (χ1v) is 5.95. The minimum Gasteiger partial charge on any atom is -0.508 e. The van der Waals surface area contributed by atoms with E-state index in [2.05, 4.69) is 15.3 Å². The fraction of sp³-hybridized carbons (Fsp3) is 0.231. The highest BCUT2D eigenvalue weighted by molar-refractivity contribution is 5.74. The number of phenols is 1. The van der Waals surface area contributed by atoms with Crippen LogP contribution in [0, 0.1) is 0 Å². The summed E-state index contributed by atoms with van der Waals surface area (Å²) in [4.78, 5) is 18.4. The van der Waals surface area contributed by atoms with Crippen molar-refractivity contribution < 1.29 is 15.0 Å². The number of carboxylic acid groups (broad SMARTS) is 1. The Hall–Kier alpha value is -2.34. The minimum absolute atomic E-state index is 0.125. The summed E-state index contributed by atoms with van der Waals surface area (Å²) in [6.07, 6.45) is 1.90. The van der Waals surface area contributed by atoms with Crippen LogP contribution in [0.5, 0.6) is 5.75 Å². The zero-order valence-electron chi connectivity index (χ0n) is 10.00. The van der Waals surface area contributed by atoms with Crippen molar-refractivity contribution >= 4 is 5.97 Å². The van der Waals surface area contributed by atoms with Crippen LogP contribution in [0.4, 0.5) is 0 Å². The van der Waals surface area contributed by atoms with Crippen LogP contribution in [-0.2, 0) is 11.2 Å². The van der Waals surface area contributed by atoms with E-state index in [1.165, 1.54) is 0 Å². The van der Waals surface area contributed by atoms with Crippen LogP contribution in [0.3, 0.4) is 0 Å². The standard InChI is InChI=1S/C13H13N3O3/c17-10-4-2-1-3-7(10)11-12-8(14-6-15-12)5-9(16-11)13(18)19/h1-4,6,9,11,16-17H,5H2,(H,14,15)(H,18,19)/t9-,11-/m0/s1. The first-order chi connectivity index (χ1) is 9.16. The summed E-state index contributed by atoms with van der Waals surface area (Å²) >= 11 is 0. The van der Waals surface area contributed by atoms with Crippen LogP contribution in [0.2, 0.25) is 0 Å². The van der Waals surface area contributed by atoms with E-state index in [0.29, 0.717) is 12.0 Å². The van der Waals surface area contributed by atoms with Crippen molar-refractivity contribution in [1.29, 1.82) is 0 Å². The molecule has 1 aromatic carbocycles. The van der Waals surface area contributed by atoms with Gasteiger partial charge in [-0.2, -0.15) is 0 Å². The van der Waals surface area contributed by atoms with Gasteiger partial charge in [0.15, 0.2) is 0 Å². The highest BCUT2D eigenvalue weighted by Crippen LogP contribution is 2.32. The number of phenolic OH excluding ortho intramolecular Hbond substituents is 1. The second-order valence-electron chi connectivity index (χ2n) is 4.52. The molecule has 0 amide bonds. The number of carboxylic acids is 1. The Bertz CT molecular complexity index is 623. The van der Waals surface area contributed by atoms with E-state index in [0.717, 1.165) is 11.4 Å². The predicted octanol–water partition coefficient (Wildman–Crippen LogP) is 0.804. The number of rotatable bonds is 2. The summed E-state index contributed by atoms with van der Waals surface area (Å²) in [7, 11) is 0. The average Bonchev–Trinajstić information content (AvgIpc) is 2.86.